The number of anilines is 1. The molecule has 0 fully saturated rings. The van der Waals surface area contributed by atoms with Gasteiger partial charge in [0, 0.05) is 12.7 Å². The maximum atomic E-state index is 10.8. The molecule has 0 amide bonds. The summed E-state index contributed by atoms with van der Waals surface area (Å²) in [4.78, 5) is 2.08. The molecule has 2 aromatic carbocycles. The fourth-order valence-electron chi connectivity index (χ4n) is 2.40. The van der Waals surface area contributed by atoms with Gasteiger partial charge in [0.1, 0.15) is 5.60 Å². The van der Waals surface area contributed by atoms with Crippen LogP contribution in [0.4, 0.5) is 5.69 Å². The molecule has 2 nitrogen and oxygen atoms in total. The van der Waals surface area contributed by atoms with Crippen molar-refractivity contribution in [3.8, 4) is 0 Å². The Morgan fingerprint density at radius 1 is 1.00 bits per heavy atom. The Bertz CT molecular complexity index is 575. The quantitative estimate of drug-likeness (QED) is 0.916. The van der Waals surface area contributed by atoms with E-state index >= 15 is 0 Å². The van der Waals surface area contributed by atoms with Gasteiger partial charge in [0.05, 0.1) is 6.54 Å². The Labute approximate surface area is 121 Å². The molecule has 0 saturated heterocycles. The van der Waals surface area contributed by atoms with Gasteiger partial charge < -0.3 is 10.0 Å². The summed E-state index contributed by atoms with van der Waals surface area (Å²) in [6.45, 7) is 6.59. The first-order chi connectivity index (χ1) is 9.40. The highest BCUT2D eigenvalue weighted by Crippen LogP contribution is 2.25. The predicted molar refractivity (Wildman–Crippen MR) is 85.2 cm³/mol. The third-order valence-corrected chi connectivity index (χ3v) is 3.87. The molecule has 2 aromatic rings. The Morgan fingerprint density at radius 2 is 1.65 bits per heavy atom. The molecule has 2 heteroatoms. The first-order valence-electron chi connectivity index (χ1n) is 6.96. The Hall–Kier alpha value is -1.80. The maximum absolute atomic E-state index is 10.8. The zero-order valence-electron chi connectivity index (χ0n) is 12.7. The third-order valence-electron chi connectivity index (χ3n) is 3.87. The van der Waals surface area contributed by atoms with Crippen LogP contribution in [-0.2, 0) is 5.60 Å². The molecular weight excluding hydrogens is 246 g/mol. The molecule has 1 unspecified atom stereocenters. The summed E-state index contributed by atoms with van der Waals surface area (Å²) in [5.74, 6) is 0. The van der Waals surface area contributed by atoms with Crippen molar-refractivity contribution in [1.29, 1.82) is 0 Å². The smallest absolute Gasteiger partial charge is 0.104 e. The van der Waals surface area contributed by atoms with Crippen LogP contribution in [0.15, 0.2) is 48.5 Å². The van der Waals surface area contributed by atoms with E-state index in [4.69, 9.17) is 0 Å². The average Bonchev–Trinajstić information content (AvgIpc) is 2.42. The van der Waals surface area contributed by atoms with Crippen LogP contribution in [0, 0.1) is 13.8 Å². The van der Waals surface area contributed by atoms with Gasteiger partial charge in [-0.3, -0.25) is 0 Å². The van der Waals surface area contributed by atoms with Gasteiger partial charge in [0.15, 0.2) is 0 Å². The fraction of sp³-hybridized carbons (Fsp3) is 0.333. The lowest BCUT2D eigenvalue weighted by Gasteiger charge is -2.31. The van der Waals surface area contributed by atoms with E-state index in [0.29, 0.717) is 6.54 Å². The summed E-state index contributed by atoms with van der Waals surface area (Å²) >= 11 is 0. The number of aryl methyl sites for hydroxylation is 2. The zero-order valence-corrected chi connectivity index (χ0v) is 12.7. The summed E-state index contributed by atoms with van der Waals surface area (Å²) in [5, 5.41) is 10.8. The Balaban J connectivity index is 2.20. The second-order valence-electron chi connectivity index (χ2n) is 5.76. The molecule has 0 bridgehead atoms. The maximum Gasteiger partial charge on any atom is 0.104 e. The number of rotatable bonds is 4. The minimum Gasteiger partial charge on any atom is -0.384 e. The van der Waals surface area contributed by atoms with Crippen LogP contribution in [0.1, 0.15) is 23.6 Å². The van der Waals surface area contributed by atoms with Gasteiger partial charge in [-0.15, -0.1) is 0 Å². The summed E-state index contributed by atoms with van der Waals surface area (Å²) < 4.78 is 0. The molecular formula is C18H23NO. The summed E-state index contributed by atoms with van der Waals surface area (Å²) in [6.07, 6.45) is 0. The topological polar surface area (TPSA) is 23.5 Å². The van der Waals surface area contributed by atoms with Crippen LogP contribution in [0.3, 0.4) is 0 Å². The normalized spacial score (nSPS) is 13.8. The van der Waals surface area contributed by atoms with Crippen LogP contribution in [0.25, 0.3) is 0 Å². The first kappa shape index (κ1) is 14.6. The molecule has 0 aliphatic heterocycles. The van der Waals surface area contributed by atoms with Crippen LogP contribution < -0.4 is 4.90 Å². The molecule has 0 saturated carbocycles. The number of benzene rings is 2. The van der Waals surface area contributed by atoms with Crippen molar-refractivity contribution >= 4 is 5.69 Å². The van der Waals surface area contributed by atoms with E-state index in [1.165, 1.54) is 11.1 Å². The monoisotopic (exact) mass is 269 g/mol. The van der Waals surface area contributed by atoms with E-state index in [1.807, 2.05) is 38.2 Å². The SMILES string of the molecule is Cc1ccc(C(C)(O)CN(C)c2ccccc2)cc1C. The number of para-hydroxylation sites is 1. The van der Waals surface area contributed by atoms with E-state index in [0.717, 1.165) is 11.3 Å². The molecule has 2 rings (SSSR count). The molecule has 0 aliphatic carbocycles. The minimum atomic E-state index is -0.872. The summed E-state index contributed by atoms with van der Waals surface area (Å²) in [7, 11) is 2.00. The lowest BCUT2D eigenvalue weighted by Crippen LogP contribution is -2.36. The van der Waals surface area contributed by atoms with Gasteiger partial charge >= 0.3 is 0 Å². The lowest BCUT2D eigenvalue weighted by molar-refractivity contribution is 0.0656. The van der Waals surface area contributed by atoms with Crippen molar-refractivity contribution in [1.82, 2.24) is 0 Å². The van der Waals surface area contributed by atoms with E-state index in [1.54, 1.807) is 0 Å². The molecule has 0 spiro atoms. The standard InChI is InChI=1S/C18H23NO/c1-14-10-11-16(12-15(14)2)18(3,20)13-19(4)17-8-6-5-7-9-17/h5-12,20H,13H2,1-4H3. The molecule has 0 heterocycles. The minimum absolute atomic E-state index is 0.555. The molecule has 0 aromatic heterocycles. The average molecular weight is 269 g/mol. The number of hydrogen-bond acceptors (Lipinski definition) is 2. The second kappa shape index (κ2) is 5.68. The van der Waals surface area contributed by atoms with Crippen molar-refractivity contribution in [3.05, 3.63) is 65.2 Å². The molecule has 1 N–H and O–H groups in total. The van der Waals surface area contributed by atoms with Crippen LogP contribution in [0.5, 0.6) is 0 Å². The van der Waals surface area contributed by atoms with E-state index in [9.17, 15) is 5.11 Å². The van der Waals surface area contributed by atoms with Gasteiger partial charge in [0.2, 0.25) is 0 Å². The Morgan fingerprint density at radius 3 is 2.25 bits per heavy atom. The van der Waals surface area contributed by atoms with E-state index in [-0.39, 0.29) is 0 Å². The first-order valence-corrected chi connectivity index (χ1v) is 6.96. The van der Waals surface area contributed by atoms with Gasteiger partial charge in [-0.2, -0.15) is 0 Å². The van der Waals surface area contributed by atoms with Crippen molar-refractivity contribution in [3.63, 3.8) is 0 Å². The number of likely N-dealkylation sites (N-methyl/N-ethyl adjacent to an activating group) is 1. The summed E-state index contributed by atoms with van der Waals surface area (Å²) in [6, 6.07) is 16.3. The van der Waals surface area contributed by atoms with Gasteiger partial charge in [-0.1, -0.05) is 36.4 Å². The van der Waals surface area contributed by atoms with Crippen LogP contribution in [-0.4, -0.2) is 18.7 Å². The molecule has 20 heavy (non-hydrogen) atoms. The fourth-order valence-corrected chi connectivity index (χ4v) is 2.40. The number of aliphatic hydroxyl groups is 1. The second-order valence-corrected chi connectivity index (χ2v) is 5.76. The highest BCUT2D eigenvalue weighted by molar-refractivity contribution is 5.46. The predicted octanol–water partition coefficient (Wildman–Crippen LogP) is 3.65. The van der Waals surface area contributed by atoms with Gasteiger partial charge in [-0.05, 0) is 49.6 Å². The number of hydrogen-bond donors (Lipinski definition) is 1. The van der Waals surface area contributed by atoms with E-state index in [2.05, 4.69) is 43.0 Å². The van der Waals surface area contributed by atoms with Gasteiger partial charge in [0.25, 0.3) is 0 Å². The van der Waals surface area contributed by atoms with Crippen molar-refractivity contribution in [2.24, 2.45) is 0 Å². The van der Waals surface area contributed by atoms with Crippen molar-refractivity contribution in [2.75, 3.05) is 18.5 Å². The van der Waals surface area contributed by atoms with Crippen molar-refractivity contribution < 1.29 is 5.11 Å². The lowest BCUT2D eigenvalue weighted by atomic mass is 9.92. The molecule has 1 atom stereocenters. The molecule has 106 valence electrons. The van der Waals surface area contributed by atoms with Gasteiger partial charge in [-0.25, -0.2) is 0 Å². The third kappa shape index (κ3) is 3.20. The zero-order chi connectivity index (χ0) is 14.8. The number of nitrogens with zero attached hydrogens (tertiary/aromatic N) is 1. The van der Waals surface area contributed by atoms with Crippen LogP contribution in [0.2, 0.25) is 0 Å². The molecule has 0 aliphatic rings. The Kier molecular flexibility index (Phi) is 4.15. The van der Waals surface area contributed by atoms with Crippen LogP contribution >= 0.6 is 0 Å². The highest BCUT2D eigenvalue weighted by atomic mass is 16.3. The van der Waals surface area contributed by atoms with E-state index < -0.39 is 5.60 Å². The highest BCUT2D eigenvalue weighted by Gasteiger charge is 2.25. The molecule has 0 radical (unpaired) electrons. The largest absolute Gasteiger partial charge is 0.384 e. The summed E-state index contributed by atoms with van der Waals surface area (Å²) in [5.41, 5.74) is 3.66. The van der Waals surface area contributed by atoms with Crippen molar-refractivity contribution in [2.45, 2.75) is 26.4 Å².